The molecule has 1 N–H and O–H groups in total. The molecule has 1 aliphatic rings. The SMILES string of the molecule is CCC(C)(C)N(C)CC1(CNC(C)(C)C)CCCC(C)C1. The molecule has 0 amide bonds. The van der Waals surface area contributed by atoms with Gasteiger partial charge in [-0.2, -0.15) is 0 Å². The average molecular weight is 297 g/mol. The van der Waals surface area contributed by atoms with Crippen molar-refractivity contribution in [2.24, 2.45) is 11.3 Å². The van der Waals surface area contributed by atoms with Gasteiger partial charge in [0.1, 0.15) is 0 Å². The lowest BCUT2D eigenvalue weighted by Gasteiger charge is -2.47. The molecule has 1 saturated carbocycles. The summed E-state index contributed by atoms with van der Waals surface area (Å²) in [6, 6.07) is 0. The van der Waals surface area contributed by atoms with E-state index >= 15 is 0 Å². The van der Waals surface area contributed by atoms with Crippen molar-refractivity contribution in [2.75, 3.05) is 20.1 Å². The Labute approximate surface area is 134 Å². The maximum atomic E-state index is 3.80. The summed E-state index contributed by atoms with van der Waals surface area (Å²) in [5.41, 5.74) is 0.966. The molecule has 1 rings (SSSR count). The van der Waals surface area contributed by atoms with Crippen molar-refractivity contribution in [3.05, 3.63) is 0 Å². The Balaban J connectivity index is 2.81. The van der Waals surface area contributed by atoms with Crippen molar-refractivity contribution in [1.82, 2.24) is 10.2 Å². The first-order chi connectivity index (χ1) is 9.50. The normalized spacial score (nSPS) is 28.1. The third-order valence-corrected chi connectivity index (χ3v) is 5.65. The van der Waals surface area contributed by atoms with Crippen molar-refractivity contribution in [3.8, 4) is 0 Å². The molecule has 0 radical (unpaired) electrons. The van der Waals surface area contributed by atoms with Crippen LogP contribution in [0.15, 0.2) is 0 Å². The van der Waals surface area contributed by atoms with Crippen LogP contribution in [-0.4, -0.2) is 36.1 Å². The van der Waals surface area contributed by atoms with Crippen LogP contribution in [0.4, 0.5) is 0 Å². The first kappa shape index (κ1) is 19.0. The summed E-state index contributed by atoms with van der Waals surface area (Å²) in [5.74, 6) is 0.874. The fourth-order valence-corrected chi connectivity index (χ4v) is 3.57. The molecule has 0 spiro atoms. The van der Waals surface area contributed by atoms with E-state index in [0.29, 0.717) is 11.0 Å². The second-order valence-electron chi connectivity index (χ2n) is 9.33. The minimum Gasteiger partial charge on any atom is -0.311 e. The van der Waals surface area contributed by atoms with Gasteiger partial charge in [0.05, 0.1) is 0 Å². The predicted octanol–water partition coefficient (Wildman–Crippen LogP) is 4.69. The summed E-state index contributed by atoms with van der Waals surface area (Å²) in [4.78, 5) is 2.61. The van der Waals surface area contributed by atoms with Gasteiger partial charge in [0.15, 0.2) is 0 Å². The molecule has 1 fully saturated rings. The molecule has 0 saturated heterocycles. The highest BCUT2D eigenvalue weighted by atomic mass is 15.2. The minimum atomic E-state index is 0.215. The maximum absolute atomic E-state index is 3.80. The molecule has 2 atom stereocenters. The lowest BCUT2D eigenvalue weighted by molar-refractivity contribution is 0.0387. The van der Waals surface area contributed by atoms with Crippen LogP contribution in [0.1, 0.15) is 80.6 Å². The lowest BCUT2D eigenvalue weighted by atomic mass is 9.69. The van der Waals surface area contributed by atoms with E-state index in [4.69, 9.17) is 0 Å². The summed E-state index contributed by atoms with van der Waals surface area (Å²) in [6.07, 6.45) is 6.78. The van der Waals surface area contributed by atoms with Gasteiger partial charge >= 0.3 is 0 Å². The molecule has 0 aromatic heterocycles. The van der Waals surface area contributed by atoms with E-state index in [1.807, 2.05) is 0 Å². The molecule has 2 nitrogen and oxygen atoms in total. The van der Waals surface area contributed by atoms with Crippen LogP contribution in [0.2, 0.25) is 0 Å². The Bertz CT molecular complexity index is 316. The van der Waals surface area contributed by atoms with Crippen molar-refractivity contribution in [2.45, 2.75) is 91.6 Å². The van der Waals surface area contributed by atoms with Crippen molar-refractivity contribution in [3.63, 3.8) is 0 Å². The van der Waals surface area contributed by atoms with Crippen LogP contribution in [0, 0.1) is 11.3 Å². The fourth-order valence-electron chi connectivity index (χ4n) is 3.57. The summed E-state index contributed by atoms with van der Waals surface area (Å²) in [5, 5.41) is 3.80. The zero-order valence-electron chi connectivity index (χ0n) is 16.0. The number of hydrogen-bond donors (Lipinski definition) is 1. The van der Waals surface area contributed by atoms with Crippen molar-refractivity contribution >= 4 is 0 Å². The molecule has 21 heavy (non-hydrogen) atoms. The number of nitrogens with one attached hydrogen (secondary N) is 1. The topological polar surface area (TPSA) is 15.3 Å². The molecule has 2 unspecified atom stereocenters. The monoisotopic (exact) mass is 296 g/mol. The quantitative estimate of drug-likeness (QED) is 0.765. The Morgan fingerprint density at radius 1 is 1.19 bits per heavy atom. The number of nitrogens with zero attached hydrogens (tertiary/aromatic N) is 1. The van der Waals surface area contributed by atoms with E-state index in [2.05, 4.69) is 65.7 Å². The molecule has 0 aromatic carbocycles. The first-order valence-electron chi connectivity index (χ1n) is 8.96. The van der Waals surface area contributed by atoms with Crippen LogP contribution >= 0.6 is 0 Å². The third-order valence-electron chi connectivity index (χ3n) is 5.65. The Hall–Kier alpha value is -0.0800. The van der Waals surface area contributed by atoms with Gasteiger partial charge in [-0.25, -0.2) is 0 Å². The summed E-state index contributed by atoms with van der Waals surface area (Å²) in [6.45, 7) is 18.7. The molecule has 2 heteroatoms. The third kappa shape index (κ3) is 5.90. The zero-order valence-corrected chi connectivity index (χ0v) is 16.0. The Morgan fingerprint density at radius 3 is 2.29 bits per heavy atom. The van der Waals surface area contributed by atoms with Crippen LogP contribution in [0.25, 0.3) is 0 Å². The average Bonchev–Trinajstić information content (AvgIpc) is 2.35. The van der Waals surface area contributed by atoms with Gasteiger partial charge in [0, 0.05) is 24.2 Å². The fraction of sp³-hybridized carbons (Fsp3) is 1.00. The molecule has 0 aliphatic heterocycles. The Kier molecular flexibility index (Phi) is 6.32. The van der Waals surface area contributed by atoms with Crippen LogP contribution in [-0.2, 0) is 0 Å². The molecule has 0 heterocycles. The van der Waals surface area contributed by atoms with E-state index in [1.54, 1.807) is 0 Å². The van der Waals surface area contributed by atoms with Gasteiger partial charge in [-0.3, -0.25) is 0 Å². The summed E-state index contributed by atoms with van der Waals surface area (Å²) < 4.78 is 0. The highest BCUT2D eigenvalue weighted by molar-refractivity contribution is 4.93. The van der Waals surface area contributed by atoms with Gasteiger partial charge in [-0.15, -0.1) is 0 Å². The van der Waals surface area contributed by atoms with E-state index in [-0.39, 0.29) is 5.54 Å². The van der Waals surface area contributed by atoms with Gasteiger partial charge < -0.3 is 10.2 Å². The summed E-state index contributed by atoms with van der Waals surface area (Å²) >= 11 is 0. The smallest absolute Gasteiger partial charge is 0.0147 e. The molecule has 0 bridgehead atoms. The summed E-state index contributed by atoms with van der Waals surface area (Å²) in [7, 11) is 2.32. The van der Waals surface area contributed by atoms with Crippen molar-refractivity contribution < 1.29 is 0 Å². The molecular weight excluding hydrogens is 256 g/mol. The van der Waals surface area contributed by atoms with E-state index in [1.165, 1.54) is 38.6 Å². The standard InChI is InChI=1S/C19H40N2/c1-9-18(6,7)21(8)15-19(14-20-17(3,4)5)12-10-11-16(2)13-19/h16,20H,9-15H2,1-8H3. The van der Waals surface area contributed by atoms with E-state index in [9.17, 15) is 0 Å². The molecule has 126 valence electrons. The van der Waals surface area contributed by atoms with Crippen LogP contribution in [0.5, 0.6) is 0 Å². The van der Waals surface area contributed by atoms with Gasteiger partial charge in [-0.05, 0) is 72.3 Å². The highest BCUT2D eigenvalue weighted by Crippen LogP contribution is 2.41. The predicted molar refractivity (Wildman–Crippen MR) is 94.8 cm³/mol. The number of hydrogen-bond acceptors (Lipinski definition) is 2. The van der Waals surface area contributed by atoms with Crippen LogP contribution in [0.3, 0.4) is 0 Å². The van der Waals surface area contributed by atoms with Crippen LogP contribution < -0.4 is 5.32 Å². The van der Waals surface area contributed by atoms with Gasteiger partial charge in [0.25, 0.3) is 0 Å². The van der Waals surface area contributed by atoms with Gasteiger partial charge in [0.2, 0.25) is 0 Å². The second kappa shape index (κ2) is 7.00. The Morgan fingerprint density at radius 2 is 1.81 bits per heavy atom. The number of rotatable bonds is 6. The zero-order chi connectivity index (χ0) is 16.3. The largest absolute Gasteiger partial charge is 0.311 e. The minimum absolute atomic E-state index is 0.215. The first-order valence-corrected chi connectivity index (χ1v) is 8.96. The van der Waals surface area contributed by atoms with E-state index in [0.717, 1.165) is 12.5 Å². The maximum Gasteiger partial charge on any atom is 0.0147 e. The highest BCUT2D eigenvalue weighted by Gasteiger charge is 2.38. The van der Waals surface area contributed by atoms with Crippen molar-refractivity contribution in [1.29, 1.82) is 0 Å². The molecular formula is C19H40N2. The van der Waals surface area contributed by atoms with Gasteiger partial charge in [-0.1, -0.05) is 26.7 Å². The molecule has 0 aromatic rings. The van der Waals surface area contributed by atoms with E-state index < -0.39 is 0 Å². The second-order valence-corrected chi connectivity index (χ2v) is 9.33. The molecule has 1 aliphatic carbocycles. The lowest BCUT2D eigenvalue weighted by Crippen LogP contribution is -2.53.